The standard InChI is InChI=1S/C21H22ClN3O3/c22-17-6-8-18(9-7-17)24-10-12-25(13-11-24)20(27)15-23-21(28)19(26)14-16-4-2-1-3-5-16/h1-9H,10-15H2,(H,23,28). The van der Waals surface area contributed by atoms with Gasteiger partial charge in [0.25, 0.3) is 5.91 Å². The highest BCUT2D eigenvalue weighted by atomic mass is 35.5. The molecule has 3 rings (SSSR count). The van der Waals surface area contributed by atoms with Crippen molar-refractivity contribution in [3.63, 3.8) is 0 Å². The summed E-state index contributed by atoms with van der Waals surface area (Å²) < 4.78 is 0. The number of anilines is 1. The highest BCUT2D eigenvalue weighted by Gasteiger charge is 2.22. The topological polar surface area (TPSA) is 69.7 Å². The second kappa shape index (κ2) is 9.37. The summed E-state index contributed by atoms with van der Waals surface area (Å²) >= 11 is 5.91. The number of carbonyl (C=O) groups excluding carboxylic acids is 3. The van der Waals surface area contributed by atoms with Gasteiger partial charge in [-0.3, -0.25) is 14.4 Å². The van der Waals surface area contributed by atoms with E-state index < -0.39 is 11.7 Å². The van der Waals surface area contributed by atoms with Crippen molar-refractivity contribution in [3.8, 4) is 0 Å². The molecule has 0 saturated carbocycles. The van der Waals surface area contributed by atoms with E-state index in [1.807, 2.05) is 42.5 Å². The SMILES string of the molecule is O=C(Cc1ccccc1)C(=O)NCC(=O)N1CCN(c2ccc(Cl)cc2)CC1. The van der Waals surface area contributed by atoms with E-state index in [9.17, 15) is 14.4 Å². The summed E-state index contributed by atoms with van der Waals surface area (Å²) in [6.45, 7) is 2.37. The molecule has 28 heavy (non-hydrogen) atoms. The Morgan fingerprint density at radius 2 is 1.54 bits per heavy atom. The Labute approximate surface area is 169 Å². The van der Waals surface area contributed by atoms with Gasteiger partial charge in [-0.1, -0.05) is 41.9 Å². The smallest absolute Gasteiger partial charge is 0.288 e. The molecule has 0 radical (unpaired) electrons. The Morgan fingerprint density at radius 1 is 0.893 bits per heavy atom. The second-order valence-electron chi connectivity index (χ2n) is 6.61. The Balaban J connectivity index is 1.42. The maximum absolute atomic E-state index is 12.3. The minimum absolute atomic E-state index is 0.0284. The number of amides is 2. The summed E-state index contributed by atoms with van der Waals surface area (Å²) in [5, 5.41) is 3.13. The fourth-order valence-corrected chi connectivity index (χ4v) is 3.22. The fourth-order valence-electron chi connectivity index (χ4n) is 3.09. The number of nitrogens with zero attached hydrogens (tertiary/aromatic N) is 2. The summed E-state index contributed by atoms with van der Waals surface area (Å²) in [7, 11) is 0. The molecule has 1 fully saturated rings. The number of nitrogens with one attached hydrogen (secondary N) is 1. The fraction of sp³-hybridized carbons (Fsp3) is 0.286. The molecule has 0 aromatic heterocycles. The first kappa shape index (κ1) is 19.9. The first-order valence-electron chi connectivity index (χ1n) is 9.16. The van der Waals surface area contributed by atoms with Crippen LogP contribution in [-0.2, 0) is 20.8 Å². The molecule has 0 unspecified atom stereocenters. The van der Waals surface area contributed by atoms with E-state index in [-0.39, 0.29) is 18.9 Å². The zero-order chi connectivity index (χ0) is 19.9. The number of benzene rings is 2. The van der Waals surface area contributed by atoms with E-state index in [1.54, 1.807) is 17.0 Å². The zero-order valence-corrected chi connectivity index (χ0v) is 16.2. The van der Waals surface area contributed by atoms with Crippen LogP contribution in [0.1, 0.15) is 5.56 Å². The molecule has 2 aromatic rings. The summed E-state index contributed by atoms with van der Waals surface area (Å²) in [6.07, 6.45) is 0.0284. The number of halogens is 1. The minimum atomic E-state index is -0.725. The van der Waals surface area contributed by atoms with Crippen LogP contribution < -0.4 is 10.2 Å². The van der Waals surface area contributed by atoms with Crippen molar-refractivity contribution >= 4 is 34.9 Å². The molecule has 0 aliphatic carbocycles. The monoisotopic (exact) mass is 399 g/mol. The normalized spacial score (nSPS) is 13.9. The Morgan fingerprint density at radius 3 is 2.18 bits per heavy atom. The van der Waals surface area contributed by atoms with Crippen LogP contribution in [0.2, 0.25) is 5.02 Å². The lowest BCUT2D eigenvalue weighted by molar-refractivity contribution is -0.139. The molecule has 1 heterocycles. The van der Waals surface area contributed by atoms with Crippen LogP contribution in [0.15, 0.2) is 54.6 Å². The van der Waals surface area contributed by atoms with Gasteiger partial charge in [0.05, 0.1) is 6.54 Å². The maximum atomic E-state index is 12.3. The van der Waals surface area contributed by atoms with Crippen LogP contribution >= 0.6 is 11.6 Å². The predicted molar refractivity (Wildman–Crippen MR) is 108 cm³/mol. The zero-order valence-electron chi connectivity index (χ0n) is 15.4. The maximum Gasteiger partial charge on any atom is 0.288 e. The largest absolute Gasteiger partial charge is 0.368 e. The third-order valence-electron chi connectivity index (χ3n) is 4.69. The molecule has 7 heteroatoms. The van der Waals surface area contributed by atoms with Gasteiger partial charge in [-0.15, -0.1) is 0 Å². The van der Waals surface area contributed by atoms with Gasteiger partial charge in [-0.25, -0.2) is 0 Å². The first-order chi connectivity index (χ1) is 13.5. The molecule has 2 amide bonds. The Kier molecular flexibility index (Phi) is 6.66. The highest BCUT2D eigenvalue weighted by Crippen LogP contribution is 2.19. The number of piperazine rings is 1. The Bertz CT molecular complexity index is 832. The van der Waals surface area contributed by atoms with Gasteiger partial charge in [-0.2, -0.15) is 0 Å². The van der Waals surface area contributed by atoms with Gasteiger partial charge in [0.1, 0.15) is 0 Å². The third-order valence-corrected chi connectivity index (χ3v) is 4.94. The van der Waals surface area contributed by atoms with Crippen molar-refractivity contribution in [3.05, 3.63) is 65.2 Å². The molecule has 0 atom stereocenters. The molecular formula is C21H22ClN3O3. The van der Waals surface area contributed by atoms with Crippen LogP contribution in [-0.4, -0.2) is 55.2 Å². The lowest BCUT2D eigenvalue weighted by atomic mass is 10.1. The van der Waals surface area contributed by atoms with E-state index in [0.29, 0.717) is 31.2 Å². The second-order valence-corrected chi connectivity index (χ2v) is 7.05. The molecule has 1 aliphatic heterocycles. The lowest BCUT2D eigenvalue weighted by Crippen LogP contribution is -2.51. The third kappa shape index (κ3) is 5.33. The van der Waals surface area contributed by atoms with Crippen molar-refractivity contribution in [2.75, 3.05) is 37.6 Å². The van der Waals surface area contributed by atoms with Crippen LogP contribution in [0, 0.1) is 0 Å². The van der Waals surface area contributed by atoms with Gasteiger partial charge >= 0.3 is 0 Å². The van der Waals surface area contributed by atoms with Gasteiger partial charge in [-0.05, 0) is 29.8 Å². The average Bonchev–Trinajstić information content (AvgIpc) is 2.73. The van der Waals surface area contributed by atoms with Crippen molar-refractivity contribution in [1.82, 2.24) is 10.2 Å². The van der Waals surface area contributed by atoms with E-state index >= 15 is 0 Å². The van der Waals surface area contributed by atoms with Crippen molar-refractivity contribution in [2.24, 2.45) is 0 Å². The quantitative estimate of drug-likeness (QED) is 0.753. The van der Waals surface area contributed by atoms with E-state index in [1.165, 1.54) is 0 Å². The number of hydrogen-bond donors (Lipinski definition) is 1. The number of hydrogen-bond acceptors (Lipinski definition) is 4. The molecule has 146 valence electrons. The van der Waals surface area contributed by atoms with Crippen LogP contribution in [0.3, 0.4) is 0 Å². The van der Waals surface area contributed by atoms with E-state index in [0.717, 1.165) is 11.3 Å². The molecule has 2 aromatic carbocycles. The van der Waals surface area contributed by atoms with Crippen molar-refractivity contribution < 1.29 is 14.4 Å². The van der Waals surface area contributed by atoms with Crippen LogP contribution in [0.4, 0.5) is 5.69 Å². The molecule has 6 nitrogen and oxygen atoms in total. The molecule has 0 spiro atoms. The van der Waals surface area contributed by atoms with E-state index in [2.05, 4.69) is 10.2 Å². The summed E-state index contributed by atoms with van der Waals surface area (Å²) in [5.74, 6) is -1.46. The van der Waals surface area contributed by atoms with Crippen molar-refractivity contribution in [2.45, 2.75) is 6.42 Å². The predicted octanol–water partition coefficient (Wildman–Crippen LogP) is 1.92. The van der Waals surface area contributed by atoms with E-state index in [4.69, 9.17) is 11.6 Å². The summed E-state index contributed by atoms with van der Waals surface area (Å²) in [6, 6.07) is 16.7. The Hall–Kier alpha value is -2.86. The first-order valence-corrected chi connectivity index (χ1v) is 9.54. The van der Waals surface area contributed by atoms with Crippen LogP contribution in [0.5, 0.6) is 0 Å². The minimum Gasteiger partial charge on any atom is -0.368 e. The highest BCUT2D eigenvalue weighted by molar-refractivity contribution is 6.36. The number of rotatable bonds is 6. The summed E-state index contributed by atoms with van der Waals surface area (Å²) in [5.41, 5.74) is 1.84. The van der Waals surface area contributed by atoms with Crippen LogP contribution in [0.25, 0.3) is 0 Å². The molecule has 1 N–H and O–H groups in total. The summed E-state index contributed by atoms with van der Waals surface area (Å²) in [4.78, 5) is 40.1. The molecule has 1 saturated heterocycles. The van der Waals surface area contributed by atoms with Gasteiger partial charge in [0, 0.05) is 43.3 Å². The van der Waals surface area contributed by atoms with Crippen molar-refractivity contribution in [1.29, 1.82) is 0 Å². The number of ketones is 1. The molecular weight excluding hydrogens is 378 g/mol. The van der Waals surface area contributed by atoms with Gasteiger partial charge in [0.15, 0.2) is 0 Å². The average molecular weight is 400 g/mol. The molecule has 0 bridgehead atoms. The lowest BCUT2D eigenvalue weighted by Gasteiger charge is -2.36. The number of Topliss-reactive ketones (excluding diaryl/α,β-unsaturated/α-hetero) is 1. The number of carbonyl (C=O) groups is 3. The van der Waals surface area contributed by atoms with Gasteiger partial charge in [0.2, 0.25) is 11.7 Å². The molecule has 1 aliphatic rings. The van der Waals surface area contributed by atoms with Gasteiger partial charge < -0.3 is 15.1 Å².